The van der Waals surface area contributed by atoms with Crippen LogP contribution >= 0.6 is 12.6 Å². The lowest BCUT2D eigenvalue weighted by Gasteiger charge is -1.93. The van der Waals surface area contributed by atoms with Gasteiger partial charge in [-0.2, -0.15) is 4.98 Å². The van der Waals surface area contributed by atoms with Gasteiger partial charge < -0.3 is 10.8 Å². The van der Waals surface area contributed by atoms with Crippen LogP contribution in [0.2, 0.25) is 0 Å². The molecule has 4 nitrogen and oxygen atoms in total. The fourth-order valence-corrected chi connectivity index (χ4v) is 0.658. The van der Waals surface area contributed by atoms with Gasteiger partial charge in [-0.25, -0.2) is 4.98 Å². The Morgan fingerprint density at radius 2 is 2.22 bits per heavy atom. The van der Waals surface area contributed by atoms with Crippen LogP contribution in [-0.4, -0.2) is 15.1 Å². The summed E-state index contributed by atoms with van der Waals surface area (Å²) in [6.45, 7) is 0. The highest BCUT2D eigenvalue weighted by molar-refractivity contribution is 7.80. The van der Waals surface area contributed by atoms with E-state index in [1.165, 1.54) is 6.07 Å². The highest BCUT2D eigenvalue weighted by Crippen LogP contribution is 2.10. The Morgan fingerprint density at radius 1 is 1.56 bits per heavy atom. The highest BCUT2D eigenvalue weighted by atomic mass is 32.1. The van der Waals surface area contributed by atoms with Crippen LogP contribution in [0.25, 0.3) is 0 Å². The molecule has 0 atom stereocenters. The van der Waals surface area contributed by atoms with Gasteiger partial charge in [0.1, 0.15) is 5.03 Å². The summed E-state index contributed by atoms with van der Waals surface area (Å²) in [6.07, 6.45) is 0. The second-order valence-electron chi connectivity index (χ2n) is 1.44. The Morgan fingerprint density at radius 3 is 2.67 bits per heavy atom. The zero-order chi connectivity index (χ0) is 6.85. The molecule has 0 bridgehead atoms. The number of anilines is 1. The van der Waals surface area contributed by atoms with Crippen molar-refractivity contribution in [3.8, 4) is 5.88 Å². The molecule has 1 rings (SSSR count). The van der Waals surface area contributed by atoms with E-state index >= 15 is 0 Å². The first kappa shape index (κ1) is 6.15. The highest BCUT2D eigenvalue weighted by Gasteiger charge is 1.94. The van der Waals surface area contributed by atoms with Gasteiger partial charge in [-0.05, 0) is 0 Å². The van der Waals surface area contributed by atoms with Crippen molar-refractivity contribution in [1.82, 2.24) is 9.97 Å². The summed E-state index contributed by atoms with van der Waals surface area (Å²) >= 11 is 3.83. The topological polar surface area (TPSA) is 72.0 Å². The van der Waals surface area contributed by atoms with Crippen LogP contribution in [0.15, 0.2) is 11.1 Å². The third-order valence-corrected chi connectivity index (χ3v) is 0.945. The third kappa shape index (κ3) is 1.46. The van der Waals surface area contributed by atoms with E-state index in [9.17, 15) is 0 Å². The minimum absolute atomic E-state index is 0.0278. The Kier molecular flexibility index (Phi) is 1.44. The van der Waals surface area contributed by atoms with Gasteiger partial charge >= 0.3 is 0 Å². The van der Waals surface area contributed by atoms with Crippen LogP contribution < -0.4 is 5.73 Å². The van der Waals surface area contributed by atoms with Crippen LogP contribution in [0.1, 0.15) is 0 Å². The summed E-state index contributed by atoms with van der Waals surface area (Å²) in [5, 5.41) is 9.07. The molecule has 0 amide bonds. The molecule has 1 heterocycles. The normalized spacial score (nSPS) is 9.44. The van der Waals surface area contributed by atoms with E-state index in [0.29, 0.717) is 5.03 Å². The van der Waals surface area contributed by atoms with E-state index in [1.807, 2.05) is 0 Å². The predicted octanol–water partition coefficient (Wildman–Crippen LogP) is 0.0531. The van der Waals surface area contributed by atoms with E-state index in [1.54, 1.807) is 0 Å². The first-order valence-electron chi connectivity index (χ1n) is 2.21. The molecule has 1 aromatic rings. The average Bonchev–Trinajstić information content (AvgIpc) is 1.59. The zero-order valence-electron chi connectivity index (χ0n) is 4.44. The number of thiol groups is 1. The van der Waals surface area contributed by atoms with Crippen molar-refractivity contribution >= 4 is 18.6 Å². The van der Waals surface area contributed by atoms with Crippen LogP contribution in [0.5, 0.6) is 5.88 Å². The maximum atomic E-state index is 8.71. The number of hydrogen-bond donors (Lipinski definition) is 3. The summed E-state index contributed by atoms with van der Waals surface area (Å²) in [5.41, 5.74) is 5.13. The van der Waals surface area contributed by atoms with Gasteiger partial charge in [0.25, 0.3) is 0 Å². The quantitative estimate of drug-likeness (QED) is 0.354. The molecule has 48 valence electrons. The van der Waals surface area contributed by atoms with Gasteiger partial charge in [-0.3, -0.25) is 0 Å². The zero-order valence-corrected chi connectivity index (χ0v) is 5.34. The summed E-state index contributed by atoms with van der Waals surface area (Å²) < 4.78 is 0. The lowest BCUT2D eigenvalue weighted by Crippen LogP contribution is -1.93. The van der Waals surface area contributed by atoms with Gasteiger partial charge in [0, 0.05) is 6.07 Å². The number of nitrogens with zero attached hydrogens (tertiary/aromatic N) is 2. The van der Waals surface area contributed by atoms with E-state index in [-0.39, 0.29) is 11.8 Å². The van der Waals surface area contributed by atoms with Crippen molar-refractivity contribution in [3.05, 3.63) is 6.07 Å². The van der Waals surface area contributed by atoms with E-state index < -0.39 is 0 Å². The molecule has 0 unspecified atom stereocenters. The SMILES string of the molecule is Nc1nc(O)cc(S)n1. The van der Waals surface area contributed by atoms with Gasteiger partial charge in [0.15, 0.2) is 0 Å². The second-order valence-corrected chi connectivity index (χ2v) is 1.90. The standard InChI is InChI=1S/C4H5N3OS/c5-4-6-2(8)1-3(9)7-4/h1H,(H4,5,6,7,8,9). The fourth-order valence-electron chi connectivity index (χ4n) is 0.440. The maximum Gasteiger partial charge on any atom is 0.224 e. The molecular formula is C4H5N3OS. The Labute approximate surface area is 57.2 Å². The molecule has 0 saturated carbocycles. The first-order valence-corrected chi connectivity index (χ1v) is 2.65. The van der Waals surface area contributed by atoms with Crippen molar-refractivity contribution in [2.75, 3.05) is 5.73 Å². The number of aromatic hydroxyl groups is 1. The van der Waals surface area contributed by atoms with E-state index in [4.69, 9.17) is 10.8 Å². The average molecular weight is 143 g/mol. The Balaban J connectivity index is 3.17. The van der Waals surface area contributed by atoms with Gasteiger partial charge in [0.05, 0.1) is 0 Å². The van der Waals surface area contributed by atoms with E-state index in [2.05, 4.69) is 22.6 Å². The van der Waals surface area contributed by atoms with Crippen molar-refractivity contribution in [2.24, 2.45) is 0 Å². The third-order valence-electron chi connectivity index (χ3n) is 0.716. The summed E-state index contributed by atoms with van der Waals surface area (Å²) in [7, 11) is 0. The Hall–Kier alpha value is -0.970. The van der Waals surface area contributed by atoms with Crippen LogP contribution in [0, 0.1) is 0 Å². The van der Waals surface area contributed by atoms with Gasteiger partial charge in [-0.1, -0.05) is 0 Å². The molecule has 0 fully saturated rings. The molecule has 0 spiro atoms. The van der Waals surface area contributed by atoms with Crippen LogP contribution in [0.4, 0.5) is 5.95 Å². The molecule has 0 saturated heterocycles. The first-order chi connectivity index (χ1) is 4.18. The molecular weight excluding hydrogens is 138 g/mol. The molecule has 9 heavy (non-hydrogen) atoms. The van der Waals surface area contributed by atoms with Gasteiger partial charge in [0.2, 0.25) is 11.8 Å². The molecule has 0 aliphatic rings. The van der Waals surface area contributed by atoms with Crippen molar-refractivity contribution in [2.45, 2.75) is 5.03 Å². The molecule has 0 aliphatic heterocycles. The van der Waals surface area contributed by atoms with E-state index in [0.717, 1.165) is 0 Å². The molecule has 0 aliphatic carbocycles. The number of hydrogen-bond acceptors (Lipinski definition) is 5. The minimum atomic E-state index is -0.160. The largest absolute Gasteiger partial charge is 0.493 e. The van der Waals surface area contributed by atoms with Crippen molar-refractivity contribution in [1.29, 1.82) is 0 Å². The molecule has 3 N–H and O–H groups in total. The lowest BCUT2D eigenvalue weighted by molar-refractivity contribution is 0.450. The molecule has 0 radical (unpaired) electrons. The van der Waals surface area contributed by atoms with Crippen molar-refractivity contribution in [3.63, 3.8) is 0 Å². The number of aromatic nitrogens is 2. The molecule has 5 heteroatoms. The summed E-state index contributed by atoms with van der Waals surface area (Å²) in [6, 6.07) is 1.31. The fraction of sp³-hybridized carbons (Fsp3) is 0. The van der Waals surface area contributed by atoms with Crippen LogP contribution in [-0.2, 0) is 0 Å². The summed E-state index contributed by atoms with van der Waals surface area (Å²) in [4.78, 5) is 7.01. The van der Waals surface area contributed by atoms with Crippen molar-refractivity contribution < 1.29 is 5.11 Å². The van der Waals surface area contributed by atoms with Gasteiger partial charge in [-0.15, -0.1) is 12.6 Å². The molecule has 0 aromatic carbocycles. The number of nitrogens with two attached hydrogens (primary N) is 1. The lowest BCUT2D eigenvalue weighted by atomic mass is 10.6. The molecule has 1 aromatic heterocycles. The number of rotatable bonds is 0. The second kappa shape index (κ2) is 2.10. The Bertz CT molecular complexity index is 177. The van der Waals surface area contributed by atoms with Crippen LogP contribution in [0.3, 0.4) is 0 Å². The summed E-state index contributed by atoms with van der Waals surface area (Å²) in [5.74, 6) is -0.132. The smallest absolute Gasteiger partial charge is 0.224 e. The monoisotopic (exact) mass is 143 g/mol. The minimum Gasteiger partial charge on any atom is -0.493 e. The maximum absolute atomic E-state index is 8.71. The number of nitrogen functional groups attached to an aromatic ring is 1. The predicted molar refractivity (Wildman–Crippen MR) is 35.4 cm³/mol.